The van der Waals surface area contributed by atoms with Crippen molar-refractivity contribution in [3.05, 3.63) is 11.9 Å². The SMILES string of the molecule is C[C@H]1Cn2ncc(N3CC(S(C)(=O)=O)CC3=O)c2CN1C(=O)OC(C)(C)C. The number of carbonyl (C=O) groups excluding carboxylic acids is 2. The van der Waals surface area contributed by atoms with Crippen molar-refractivity contribution in [3.8, 4) is 0 Å². The Labute approximate surface area is 159 Å². The van der Waals surface area contributed by atoms with Crippen LogP contribution in [0.1, 0.15) is 39.8 Å². The fourth-order valence-electron chi connectivity index (χ4n) is 3.37. The Morgan fingerprint density at radius 2 is 1.96 bits per heavy atom. The largest absolute Gasteiger partial charge is 0.444 e. The van der Waals surface area contributed by atoms with Gasteiger partial charge >= 0.3 is 6.09 Å². The van der Waals surface area contributed by atoms with Crippen LogP contribution in [-0.2, 0) is 32.5 Å². The first-order chi connectivity index (χ1) is 12.4. The zero-order valence-electron chi connectivity index (χ0n) is 16.3. The number of hydrogen-bond donors (Lipinski definition) is 0. The lowest BCUT2D eigenvalue weighted by Gasteiger charge is -2.36. The van der Waals surface area contributed by atoms with E-state index in [9.17, 15) is 18.0 Å². The Kier molecular flexibility index (Phi) is 4.73. The molecule has 2 aliphatic heterocycles. The second-order valence-electron chi connectivity index (χ2n) is 8.28. The number of ether oxygens (including phenoxy) is 1. The number of rotatable bonds is 2. The Morgan fingerprint density at radius 3 is 2.52 bits per heavy atom. The van der Waals surface area contributed by atoms with Gasteiger partial charge in [-0.1, -0.05) is 0 Å². The van der Waals surface area contributed by atoms with E-state index in [4.69, 9.17) is 4.74 Å². The Bertz CT molecular complexity index is 870. The fourth-order valence-corrected chi connectivity index (χ4v) is 4.24. The molecule has 1 aromatic heterocycles. The van der Waals surface area contributed by atoms with Crippen LogP contribution in [0, 0.1) is 0 Å². The van der Waals surface area contributed by atoms with E-state index in [0.717, 1.165) is 6.26 Å². The molecule has 9 nitrogen and oxygen atoms in total. The molecule has 1 unspecified atom stereocenters. The Hall–Kier alpha value is -2.10. The van der Waals surface area contributed by atoms with Crippen molar-refractivity contribution in [1.82, 2.24) is 14.7 Å². The van der Waals surface area contributed by atoms with E-state index in [-0.39, 0.29) is 31.5 Å². The quantitative estimate of drug-likeness (QED) is 0.741. The Balaban J connectivity index is 1.86. The molecule has 1 aromatic rings. The molecule has 0 aromatic carbocycles. The number of carbonyl (C=O) groups is 2. The van der Waals surface area contributed by atoms with Gasteiger partial charge < -0.3 is 9.64 Å². The lowest BCUT2D eigenvalue weighted by molar-refractivity contribution is -0.117. The molecule has 3 rings (SSSR count). The predicted octanol–water partition coefficient (Wildman–Crippen LogP) is 1.17. The molecule has 2 aliphatic rings. The third-order valence-electron chi connectivity index (χ3n) is 4.83. The van der Waals surface area contributed by atoms with E-state index in [2.05, 4.69) is 5.10 Å². The van der Waals surface area contributed by atoms with Gasteiger partial charge in [0.15, 0.2) is 9.84 Å². The molecule has 2 amide bonds. The first-order valence-corrected chi connectivity index (χ1v) is 10.9. The molecule has 0 aliphatic carbocycles. The number of aromatic nitrogens is 2. The van der Waals surface area contributed by atoms with Gasteiger partial charge in [-0.3, -0.25) is 14.4 Å². The van der Waals surface area contributed by atoms with Crippen LogP contribution in [0.2, 0.25) is 0 Å². The molecule has 150 valence electrons. The highest BCUT2D eigenvalue weighted by molar-refractivity contribution is 7.91. The topological polar surface area (TPSA) is 102 Å². The van der Waals surface area contributed by atoms with Crippen LogP contribution < -0.4 is 4.90 Å². The molecule has 0 bridgehead atoms. The molecule has 1 fully saturated rings. The summed E-state index contributed by atoms with van der Waals surface area (Å²) < 4.78 is 30.9. The van der Waals surface area contributed by atoms with E-state index < -0.39 is 26.8 Å². The van der Waals surface area contributed by atoms with Gasteiger partial charge in [0, 0.05) is 19.2 Å². The van der Waals surface area contributed by atoms with Gasteiger partial charge in [0.25, 0.3) is 0 Å². The maximum absolute atomic E-state index is 12.6. The lowest BCUT2D eigenvalue weighted by Crippen LogP contribution is -2.47. The summed E-state index contributed by atoms with van der Waals surface area (Å²) in [6.45, 7) is 8.17. The molecule has 27 heavy (non-hydrogen) atoms. The van der Waals surface area contributed by atoms with E-state index in [1.165, 1.54) is 4.90 Å². The minimum absolute atomic E-state index is 0.0321. The summed E-state index contributed by atoms with van der Waals surface area (Å²) >= 11 is 0. The van der Waals surface area contributed by atoms with Crippen molar-refractivity contribution in [2.45, 2.75) is 64.1 Å². The minimum atomic E-state index is -3.31. The van der Waals surface area contributed by atoms with Crippen molar-refractivity contribution in [2.75, 3.05) is 17.7 Å². The van der Waals surface area contributed by atoms with Gasteiger partial charge in [0.1, 0.15) is 5.60 Å². The molecule has 0 radical (unpaired) electrons. The van der Waals surface area contributed by atoms with Crippen molar-refractivity contribution in [3.63, 3.8) is 0 Å². The zero-order valence-corrected chi connectivity index (χ0v) is 17.1. The molecule has 2 atom stereocenters. The molecule has 3 heterocycles. The first kappa shape index (κ1) is 19.7. The number of nitrogens with zero attached hydrogens (tertiary/aromatic N) is 4. The number of fused-ring (bicyclic) bond motifs is 1. The van der Waals surface area contributed by atoms with Gasteiger partial charge in [-0.2, -0.15) is 5.10 Å². The third kappa shape index (κ3) is 3.95. The molecule has 0 saturated carbocycles. The van der Waals surface area contributed by atoms with Crippen LogP contribution in [0.3, 0.4) is 0 Å². The minimum Gasteiger partial charge on any atom is -0.444 e. The molecule has 10 heteroatoms. The van der Waals surface area contributed by atoms with Gasteiger partial charge in [0.05, 0.1) is 42.0 Å². The summed E-state index contributed by atoms with van der Waals surface area (Å²) in [5.41, 5.74) is 0.665. The molecular weight excluding hydrogens is 372 g/mol. The molecule has 0 spiro atoms. The van der Waals surface area contributed by atoms with E-state index in [1.54, 1.807) is 15.8 Å². The summed E-state index contributed by atoms with van der Waals surface area (Å²) in [4.78, 5) is 28.0. The monoisotopic (exact) mass is 398 g/mol. The van der Waals surface area contributed by atoms with E-state index in [0.29, 0.717) is 17.9 Å². The summed E-state index contributed by atoms with van der Waals surface area (Å²) in [5.74, 6) is -0.247. The highest BCUT2D eigenvalue weighted by atomic mass is 32.2. The van der Waals surface area contributed by atoms with Gasteiger partial charge in [-0.25, -0.2) is 13.2 Å². The summed E-state index contributed by atoms with van der Waals surface area (Å²) in [6, 6.07) is -0.113. The van der Waals surface area contributed by atoms with Crippen molar-refractivity contribution >= 4 is 27.5 Å². The molecule has 1 saturated heterocycles. The fraction of sp³-hybridized carbons (Fsp3) is 0.706. The van der Waals surface area contributed by atoms with Gasteiger partial charge in [-0.05, 0) is 27.7 Å². The first-order valence-electron chi connectivity index (χ1n) is 8.90. The van der Waals surface area contributed by atoms with E-state index in [1.807, 2.05) is 27.7 Å². The predicted molar refractivity (Wildman–Crippen MR) is 99.1 cm³/mol. The average Bonchev–Trinajstić information content (AvgIpc) is 3.07. The maximum Gasteiger partial charge on any atom is 0.410 e. The highest BCUT2D eigenvalue weighted by Gasteiger charge is 2.40. The standard InChI is InChI=1S/C17H26N4O5S/c1-11-8-21-14(10-19(11)16(23)26-17(2,3)4)13(7-18-21)20-9-12(6-15(20)22)27(5,24)25/h7,11-12H,6,8-10H2,1-5H3/t11-,12?/m0/s1. The molecule has 0 N–H and O–H groups in total. The second kappa shape index (κ2) is 6.50. The number of anilines is 1. The highest BCUT2D eigenvalue weighted by Crippen LogP contribution is 2.32. The van der Waals surface area contributed by atoms with E-state index >= 15 is 0 Å². The van der Waals surface area contributed by atoms with Crippen molar-refractivity contribution in [2.24, 2.45) is 0 Å². The lowest BCUT2D eigenvalue weighted by atomic mass is 10.2. The molecular formula is C17H26N4O5S. The van der Waals surface area contributed by atoms with Crippen LogP contribution in [0.4, 0.5) is 10.5 Å². The van der Waals surface area contributed by atoms with Crippen molar-refractivity contribution in [1.29, 1.82) is 0 Å². The van der Waals surface area contributed by atoms with Gasteiger partial charge in [-0.15, -0.1) is 0 Å². The zero-order chi connectivity index (χ0) is 20.1. The second-order valence-corrected chi connectivity index (χ2v) is 10.6. The van der Waals surface area contributed by atoms with Crippen LogP contribution in [0.5, 0.6) is 0 Å². The number of sulfone groups is 1. The normalized spacial score (nSPS) is 23.5. The third-order valence-corrected chi connectivity index (χ3v) is 6.36. The average molecular weight is 398 g/mol. The maximum atomic E-state index is 12.6. The van der Waals surface area contributed by atoms with Gasteiger partial charge in [0.2, 0.25) is 5.91 Å². The van der Waals surface area contributed by atoms with Crippen LogP contribution in [-0.4, -0.2) is 64.8 Å². The van der Waals surface area contributed by atoms with Crippen LogP contribution >= 0.6 is 0 Å². The van der Waals surface area contributed by atoms with Crippen LogP contribution in [0.15, 0.2) is 6.20 Å². The summed E-state index contributed by atoms with van der Waals surface area (Å²) in [5, 5.41) is 3.62. The van der Waals surface area contributed by atoms with Crippen LogP contribution in [0.25, 0.3) is 0 Å². The Morgan fingerprint density at radius 1 is 1.30 bits per heavy atom. The summed E-state index contributed by atoms with van der Waals surface area (Å²) in [6.07, 6.45) is 2.27. The number of amides is 2. The smallest absolute Gasteiger partial charge is 0.410 e. The van der Waals surface area contributed by atoms with Crippen molar-refractivity contribution < 1.29 is 22.7 Å². The summed E-state index contributed by atoms with van der Waals surface area (Å²) in [7, 11) is -3.31. The number of hydrogen-bond acceptors (Lipinski definition) is 6.